The van der Waals surface area contributed by atoms with E-state index in [9.17, 15) is 19.2 Å². The molecule has 2 aliphatic carbocycles. The summed E-state index contributed by atoms with van der Waals surface area (Å²) >= 11 is 5.00. The maximum Gasteiger partial charge on any atom is 0.234 e. The third-order valence-electron chi connectivity index (χ3n) is 8.53. The van der Waals surface area contributed by atoms with Crippen molar-refractivity contribution < 1.29 is 19.2 Å². The molecule has 0 radical (unpaired) electrons. The summed E-state index contributed by atoms with van der Waals surface area (Å²) in [6.07, 6.45) is 3.70. The van der Waals surface area contributed by atoms with Gasteiger partial charge in [0.05, 0.1) is 40.9 Å². The summed E-state index contributed by atoms with van der Waals surface area (Å²) < 4.78 is 9.09. The predicted octanol–water partition coefficient (Wildman–Crippen LogP) is 7.77. The first kappa shape index (κ1) is 24.9. The summed E-state index contributed by atoms with van der Waals surface area (Å²) in [5.74, 6) is -1.80. The standard InChI is InChI=1S/C34H18N2O4S3/c1-35-23-13-15(11-21-17-7-3-5-9-19(17)27(37)29(21)39)41-31(23)33-25(35)26-34(43-33)32-24(36(26)2)14-16(42-32)12-22-18-8-4-6-10-20(18)28(38)30(22)40/h3-14H,1-2H3/b21-11-,22-12-. The Labute approximate surface area is 255 Å². The van der Waals surface area contributed by atoms with E-state index in [2.05, 4.69) is 35.4 Å². The second-order valence-corrected chi connectivity index (χ2v) is 14.0. The molecule has 9 heteroatoms. The van der Waals surface area contributed by atoms with E-state index in [0.29, 0.717) is 33.4 Å². The second kappa shape index (κ2) is 8.44. The smallest absolute Gasteiger partial charge is 0.234 e. The molecular formula is C34H18N2O4S3. The molecule has 6 nitrogen and oxygen atoms in total. The van der Waals surface area contributed by atoms with Gasteiger partial charge in [0.2, 0.25) is 23.1 Å². The van der Waals surface area contributed by atoms with Crippen LogP contribution in [-0.4, -0.2) is 32.3 Å². The summed E-state index contributed by atoms with van der Waals surface area (Å²) in [4.78, 5) is 52.5. The lowest BCUT2D eigenvalue weighted by Crippen LogP contribution is -2.05. The van der Waals surface area contributed by atoms with Crippen LogP contribution in [-0.2, 0) is 23.7 Å². The summed E-state index contributed by atoms with van der Waals surface area (Å²) in [5, 5.41) is 0. The molecule has 9 rings (SSSR count). The van der Waals surface area contributed by atoms with Crippen LogP contribution in [0.15, 0.2) is 60.7 Å². The number of hydrogen-bond donors (Lipinski definition) is 0. The van der Waals surface area contributed by atoms with E-state index >= 15 is 0 Å². The normalized spacial score (nSPS) is 16.9. The van der Waals surface area contributed by atoms with Crippen LogP contribution in [0.25, 0.3) is 64.2 Å². The molecule has 0 fully saturated rings. The third kappa shape index (κ3) is 3.16. The molecule has 0 N–H and O–H groups in total. The summed E-state index contributed by atoms with van der Waals surface area (Å²) in [7, 11) is 4.13. The number of carbonyl (C=O) groups excluding carboxylic acids is 4. The predicted molar refractivity (Wildman–Crippen MR) is 175 cm³/mol. The van der Waals surface area contributed by atoms with Gasteiger partial charge in [-0.05, 0) is 35.4 Å². The Morgan fingerprint density at radius 3 is 1.33 bits per heavy atom. The average molecular weight is 615 g/mol. The highest BCUT2D eigenvalue weighted by molar-refractivity contribution is 7.34. The molecule has 5 heterocycles. The van der Waals surface area contributed by atoms with Gasteiger partial charge in [-0.1, -0.05) is 48.5 Å². The van der Waals surface area contributed by atoms with Crippen LogP contribution in [0.4, 0.5) is 0 Å². The summed E-state index contributed by atoms with van der Waals surface area (Å²) in [5.41, 5.74) is 7.72. The van der Waals surface area contributed by atoms with Crippen LogP contribution in [0.3, 0.4) is 0 Å². The number of ketones is 4. The first-order valence-corrected chi connectivity index (χ1v) is 16.0. The molecule has 0 saturated carbocycles. The minimum absolute atomic E-state index is 0.446. The largest absolute Gasteiger partial charge is 0.340 e. The van der Waals surface area contributed by atoms with Gasteiger partial charge in [-0.15, -0.1) is 34.0 Å². The topological polar surface area (TPSA) is 78.1 Å². The van der Waals surface area contributed by atoms with E-state index in [0.717, 1.165) is 41.2 Å². The fraction of sp³-hybridized carbons (Fsp3) is 0.0588. The molecule has 43 heavy (non-hydrogen) atoms. The molecule has 0 aliphatic heterocycles. The van der Waals surface area contributed by atoms with Crippen molar-refractivity contribution >= 4 is 121 Å². The maximum atomic E-state index is 12.8. The van der Waals surface area contributed by atoms with Crippen molar-refractivity contribution in [3.63, 3.8) is 0 Å². The van der Waals surface area contributed by atoms with Crippen LogP contribution in [0.1, 0.15) is 41.6 Å². The molecule has 5 aromatic heterocycles. The van der Waals surface area contributed by atoms with Crippen molar-refractivity contribution in [2.75, 3.05) is 0 Å². The van der Waals surface area contributed by atoms with E-state index in [-0.39, 0.29) is 0 Å². The summed E-state index contributed by atoms with van der Waals surface area (Å²) in [6.45, 7) is 0. The highest BCUT2D eigenvalue weighted by atomic mass is 32.1. The lowest BCUT2D eigenvalue weighted by Gasteiger charge is -2.00. The van der Waals surface area contributed by atoms with Crippen molar-refractivity contribution in [3.05, 3.63) is 92.7 Å². The van der Waals surface area contributed by atoms with Gasteiger partial charge in [0, 0.05) is 46.1 Å². The van der Waals surface area contributed by atoms with Crippen molar-refractivity contribution in [2.24, 2.45) is 14.1 Å². The zero-order valence-electron chi connectivity index (χ0n) is 22.7. The average Bonchev–Trinajstić information content (AvgIpc) is 3.85. The number of Topliss-reactive ketones (excluding diaryl/α,β-unsaturated/α-hetero) is 4. The Balaban J connectivity index is 1.19. The number of allylic oxidation sites excluding steroid dienone is 2. The molecule has 0 saturated heterocycles. The fourth-order valence-corrected chi connectivity index (χ4v) is 10.4. The number of nitrogens with zero attached hydrogens (tertiary/aromatic N) is 2. The van der Waals surface area contributed by atoms with Gasteiger partial charge in [0.25, 0.3) is 0 Å². The lowest BCUT2D eigenvalue weighted by molar-refractivity contribution is -0.110. The van der Waals surface area contributed by atoms with Crippen LogP contribution >= 0.6 is 34.0 Å². The number of rotatable bonds is 2. The number of aromatic nitrogens is 2. The van der Waals surface area contributed by atoms with E-state index in [1.807, 2.05) is 36.4 Å². The quantitative estimate of drug-likeness (QED) is 0.147. The third-order valence-corrected chi connectivity index (χ3v) is 12.2. The first-order chi connectivity index (χ1) is 20.8. The number of fused-ring (bicyclic) bond motifs is 9. The molecule has 7 aromatic rings. The molecular weight excluding hydrogens is 597 g/mol. The highest BCUT2D eigenvalue weighted by Gasteiger charge is 2.34. The van der Waals surface area contributed by atoms with Gasteiger partial charge in [0.1, 0.15) is 0 Å². The lowest BCUT2D eigenvalue weighted by atomic mass is 10.1. The van der Waals surface area contributed by atoms with Crippen LogP contribution in [0.5, 0.6) is 0 Å². The Kier molecular flexibility index (Phi) is 4.88. The SMILES string of the molecule is Cn1c2cc(/C=C3\C(=O)C(=O)c4ccccc43)sc2c2sc3c4sc(/C=C5\C(=O)C(=O)c6ccccc65)cc4n(C)c3c21. The second-order valence-electron chi connectivity index (χ2n) is 10.8. The van der Waals surface area contributed by atoms with Crippen LogP contribution in [0.2, 0.25) is 0 Å². The van der Waals surface area contributed by atoms with Crippen molar-refractivity contribution in [1.29, 1.82) is 0 Å². The molecule has 206 valence electrons. The number of carbonyl (C=O) groups is 4. The van der Waals surface area contributed by atoms with E-state index < -0.39 is 23.1 Å². The Bertz CT molecular complexity index is 2380. The van der Waals surface area contributed by atoms with Gasteiger partial charge < -0.3 is 9.13 Å². The number of hydrogen-bond acceptors (Lipinski definition) is 7. The zero-order valence-corrected chi connectivity index (χ0v) is 25.1. The molecule has 0 unspecified atom stereocenters. The van der Waals surface area contributed by atoms with Gasteiger partial charge in [-0.25, -0.2) is 0 Å². The van der Waals surface area contributed by atoms with Gasteiger partial charge in [0.15, 0.2) is 0 Å². The Hall–Kier alpha value is -4.70. The minimum Gasteiger partial charge on any atom is -0.340 e. The molecule has 0 atom stereocenters. The minimum atomic E-state index is -0.455. The number of benzene rings is 2. The van der Waals surface area contributed by atoms with E-state index in [1.54, 1.807) is 58.3 Å². The first-order valence-electron chi connectivity index (χ1n) is 13.5. The van der Waals surface area contributed by atoms with Crippen molar-refractivity contribution in [3.8, 4) is 0 Å². The Morgan fingerprint density at radius 2 is 0.907 bits per heavy atom. The molecule has 0 bridgehead atoms. The summed E-state index contributed by atoms with van der Waals surface area (Å²) in [6, 6.07) is 18.5. The maximum absolute atomic E-state index is 12.8. The highest BCUT2D eigenvalue weighted by Crippen LogP contribution is 2.49. The number of thiophene rings is 3. The van der Waals surface area contributed by atoms with Gasteiger partial charge in [-0.3, -0.25) is 19.2 Å². The molecule has 0 amide bonds. The van der Waals surface area contributed by atoms with E-state index in [4.69, 9.17) is 0 Å². The van der Waals surface area contributed by atoms with Gasteiger partial charge in [-0.2, -0.15) is 0 Å². The van der Waals surface area contributed by atoms with E-state index in [1.165, 1.54) is 9.40 Å². The van der Waals surface area contributed by atoms with Gasteiger partial charge >= 0.3 is 0 Å². The monoisotopic (exact) mass is 614 g/mol. The molecule has 2 aromatic carbocycles. The Morgan fingerprint density at radius 1 is 0.512 bits per heavy atom. The number of aryl methyl sites for hydroxylation is 2. The fourth-order valence-electron chi connectivity index (χ4n) is 6.49. The zero-order chi connectivity index (χ0) is 29.3. The molecule has 2 aliphatic rings. The van der Waals surface area contributed by atoms with Crippen molar-refractivity contribution in [1.82, 2.24) is 9.13 Å². The van der Waals surface area contributed by atoms with Crippen LogP contribution < -0.4 is 0 Å². The van der Waals surface area contributed by atoms with Crippen LogP contribution in [0, 0.1) is 0 Å². The molecule has 0 spiro atoms. The van der Waals surface area contributed by atoms with Crippen molar-refractivity contribution in [2.45, 2.75) is 0 Å².